The molecule has 0 fully saturated rings. The molecular formula is C21H21N. The van der Waals surface area contributed by atoms with Gasteiger partial charge in [0.1, 0.15) is 0 Å². The third-order valence-electron chi connectivity index (χ3n) is 3.78. The second-order valence-electron chi connectivity index (χ2n) is 5.85. The van der Waals surface area contributed by atoms with Crippen molar-refractivity contribution in [3.05, 3.63) is 89.5 Å². The summed E-state index contributed by atoms with van der Waals surface area (Å²) in [4.78, 5) is 2.31. The predicted molar refractivity (Wildman–Crippen MR) is 95.3 cm³/mol. The van der Waals surface area contributed by atoms with Gasteiger partial charge in [0, 0.05) is 17.1 Å². The van der Waals surface area contributed by atoms with Crippen LogP contribution in [0.1, 0.15) is 16.7 Å². The van der Waals surface area contributed by atoms with Crippen LogP contribution in [0, 0.1) is 20.8 Å². The minimum absolute atomic E-state index is 1.19. The Kier molecular flexibility index (Phi) is 3.97. The van der Waals surface area contributed by atoms with Gasteiger partial charge in [0.25, 0.3) is 0 Å². The maximum Gasteiger partial charge on any atom is 0.0464 e. The van der Waals surface area contributed by atoms with E-state index < -0.39 is 0 Å². The van der Waals surface area contributed by atoms with Gasteiger partial charge in [-0.3, -0.25) is 0 Å². The molecular weight excluding hydrogens is 266 g/mol. The highest BCUT2D eigenvalue weighted by molar-refractivity contribution is 5.77. The van der Waals surface area contributed by atoms with Crippen molar-refractivity contribution in [3.8, 4) is 0 Å². The molecule has 3 aromatic carbocycles. The fourth-order valence-corrected chi connectivity index (χ4v) is 2.75. The van der Waals surface area contributed by atoms with Crippen molar-refractivity contribution >= 4 is 17.1 Å². The maximum absolute atomic E-state index is 2.31. The molecule has 0 aliphatic carbocycles. The largest absolute Gasteiger partial charge is 0.310 e. The van der Waals surface area contributed by atoms with E-state index in [1.807, 2.05) is 0 Å². The van der Waals surface area contributed by atoms with Gasteiger partial charge in [-0.25, -0.2) is 0 Å². The first-order valence-corrected chi connectivity index (χ1v) is 7.63. The first-order valence-electron chi connectivity index (χ1n) is 7.63. The molecule has 1 heteroatoms. The Balaban J connectivity index is 2.18. The van der Waals surface area contributed by atoms with Gasteiger partial charge in [-0.1, -0.05) is 36.4 Å². The van der Waals surface area contributed by atoms with Crippen molar-refractivity contribution in [2.24, 2.45) is 0 Å². The zero-order valence-corrected chi connectivity index (χ0v) is 13.4. The first kappa shape index (κ1) is 14.4. The van der Waals surface area contributed by atoms with Crippen LogP contribution in [0.4, 0.5) is 17.1 Å². The molecule has 0 amide bonds. The van der Waals surface area contributed by atoms with Gasteiger partial charge in [-0.05, 0) is 73.9 Å². The van der Waals surface area contributed by atoms with E-state index in [0.29, 0.717) is 0 Å². The van der Waals surface area contributed by atoms with Gasteiger partial charge in [0.2, 0.25) is 0 Å². The van der Waals surface area contributed by atoms with E-state index in [-0.39, 0.29) is 0 Å². The molecule has 0 aliphatic rings. The van der Waals surface area contributed by atoms with E-state index in [1.165, 1.54) is 33.8 Å². The second kappa shape index (κ2) is 6.07. The molecule has 0 saturated heterocycles. The van der Waals surface area contributed by atoms with E-state index in [4.69, 9.17) is 0 Å². The molecule has 0 bridgehead atoms. The highest BCUT2D eigenvalue weighted by atomic mass is 15.1. The Bertz CT molecular complexity index is 681. The van der Waals surface area contributed by atoms with E-state index >= 15 is 0 Å². The summed E-state index contributed by atoms with van der Waals surface area (Å²) < 4.78 is 0. The Labute approximate surface area is 132 Å². The predicted octanol–water partition coefficient (Wildman–Crippen LogP) is 6.08. The zero-order valence-electron chi connectivity index (χ0n) is 13.4. The molecule has 110 valence electrons. The Morgan fingerprint density at radius 3 is 1.09 bits per heavy atom. The quantitative estimate of drug-likeness (QED) is 0.564. The van der Waals surface area contributed by atoms with Gasteiger partial charge >= 0.3 is 0 Å². The maximum atomic E-state index is 2.31. The standard InChI is InChI=1S/C21H21N/c1-16-7-4-10-19(13-16)22(20-11-5-8-17(2)14-20)21-12-6-9-18(3)15-21/h4-15H,1-3H3. The highest BCUT2D eigenvalue weighted by Gasteiger charge is 2.12. The fraction of sp³-hybridized carbons (Fsp3) is 0.143. The smallest absolute Gasteiger partial charge is 0.0464 e. The SMILES string of the molecule is Cc1cccc(N(c2cccc(C)c2)c2cccc(C)c2)c1. The minimum atomic E-state index is 1.19. The van der Waals surface area contributed by atoms with Crippen LogP contribution in [0.3, 0.4) is 0 Å². The summed E-state index contributed by atoms with van der Waals surface area (Å²) in [6.45, 7) is 6.40. The summed E-state index contributed by atoms with van der Waals surface area (Å²) in [6, 6.07) is 25.9. The third-order valence-corrected chi connectivity index (χ3v) is 3.78. The van der Waals surface area contributed by atoms with Crippen molar-refractivity contribution in [3.63, 3.8) is 0 Å². The number of nitrogens with zero attached hydrogens (tertiary/aromatic N) is 1. The summed E-state index contributed by atoms with van der Waals surface area (Å²) in [7, 11) is 0. The number of hydrogen-bond acceptors (Lipinski definition) is 1. The molecule has 3 rings (SSSR count). The average molecular weight is 287 g/mol. The molecule has 0 N–H and O–H groups in total. The van der Waals surface area contributed by atoms with Crippen LogP contribution in [-0.2, 0) is 0 Å². The molecule has 0 spiro atoms. The van der Waals surface area contributed by atoms with Gasteiger partial charge in [0.15, 0.2) is 0 Å². The lowest BCUT2D eigenvalue weighted by atomic mass is 10.1. The normalized spacial score (nSPS) is 10.5. The van der Waals surface area contributed by atoms with Crippen LogP contribution >= 0.6 is 0 Å². The van der Waals surface area contributed by atoms with Crippen LogP contribution in [0.5, 0.6) is 0 Å². The molecule has 1 nitrogen and oxygen atoms in total. The fourth-order valence-electron chi connectivity index (χ4n) is 2.75. The first-order chi connectivity index (χ1) is 10.6. The number of hydrogen-bond donors (Lipinski definition) is 0. The molecule has 0 aromatic heterocycles. The monoisotopic (exact) mass is 287 g/mol. The van der Waals surface area contributed by atoms with E-state index in [9.17, 15) is 0 Å². The number of anilines is 3. The lowest BCUT2D eigenvalue weighted by Crippen LogP contribution is -2.10. The molecule has 0 aliphatic heterocycles. The van der Waals surface area contributed by atoms with Gasteiger partial charge in [-0.15, -0.1) is 0 Å². The Morgan fingerprint density at radius 1 is 0.500 bits per heavy atom. The summed E-state index contributed by atoms with van der Waals surface area (Å²) in [6.07, 6.45) is 0. The van der Waals surface area contributed by atoms with Crippen molar-refractivity contribution in [2.75, 3.05) is 4.90 Å². The van der Waals surface area contributed by atoms with Crippen LogP contribution in [0.15, 0.2) is 72.8 Å². The molecule has 0 radical (unpaired) electrons. The van der Waals surface area contributed by atoms with Gasteiger partial charge < -0.3 is 4.90 Å². The number of aryl methyl sites for hydroxylation is 3. The Morgan fingerprint density at radius 2 is 0.818 bits per heavy atom. The second-order valence-corrected chi connectivity index (χ2v) is 5.85. The number of rotatable bonds is 3. The topological polar surface area (TPSA) is 3.24 Å². The van der Waals surface area contributed by atoms with Crippen LogP contribution in [0.25, 0.3) is 0 Å². The number of benzene rings is 3. The van der Waals surface area contributed by atoms with Crippen molar-refractivity contribution in [1.82, 2.24) is 0 Å². The van der Waals surface area contributed by atoms with Crippen LogP contribution < -0.4 is 4.90 Å². The lowest BCUT2D eigenvalue weighted by molar-refractivity contribution is 1.25. The van der Waals surface area contributed by atoms with Crippen molar-refractivity contribution in [2.45, 2.75) is 20.8 Å². The van der Waals surface area contributed by atoms with E-state index in [2.05, 4.69) is 98.5 Å². The molecule has 0 atom stereocenters. The highest BCUT2D eigenvalue weighted by Crippen LogP contribution is 2.35. The zero-order chi connectivity index (χ0) is 15.5. The van der Waals surface area contributed by atoms with Crippen molar-refractivity contribution in [1.29, 1.82) is 0 Å². The molecule has 0 heterocycles. The minimum Gasteiger partial charge on any atom is -0.310 e. The van der Waals surface area contributed by atoms with Gasteiger partial charge in [0.05, 0.1) is 0 Å². The molecule has 3 aromatic rings. The van der Waals surface area contributed by atoms with Crippen LogP contribution in [-0.4, -0.2) is 0 Å². The van der Waals surface area contributed by atoms with Gasteiger partial charge in [-0.2, -0.15) is 0 Å². The average Bonchev–Trinajstić information content (AvgIpc) is 2.48. The van der Waals surface area contributed by atoms with E-state index in [0.717, 1.165) is 0 Å². The summed E-state index contributed by atoms with van der Waals surface area (Å²) >= 11 is 0. The molecule has 0 saturated carbocycles. The summed E-state index contributed by atoms with van der Waals surface area (Å²) in [5.41, 5.74) is 7.37. The summed E-state index contributed by atoms with van der Waals surface area (Å²) in [5.74, 6) is 0. The van der Waals surface area contributed by atoms with Crippen molar-refractivity contribution < 1.29 is 0 Å². The molecule has 0 unspecified atom stereocenters. The van der Waals surface area contributed by atoms with Crippen LogP contribution in [0.2, 0.25) is 0 Å². The summed E-state index contributed by atoms with van der Waals surface area (Å²) in [5, 5.41) is 0. The lowest BCUT2D eigenvalue weighted by Gasteiger charge is -2.26. The molecule has 22 heavy (non-hydrogen) atoms. The Hall–Kier alpha value is -2.54. The van der Waals surface area contributed by atoms with E-state index in [1.54, 1.807) is 0 Å². The third kappa shape index (κ3) is 3.04.